The molecule has 0 aromatic heterocycles. The van der Waals surface area contributed by atoms with Gasteiger partial charge in [-0.15, -0.1) is 0 Å². The second-order valence-electron chi connectivity index (χ2n) is 8.08. The minimum Gasteiger partial charge on any atom is -0.355 e. The number of hydrogen-bond donors (Lipinski definition) is 1. The van der Waals surface area contributed by atoms with Gasteiger partial charge in [-0.2, -0.15) is 0 Å². The lowest BCUT2D eigenvalue weighted by molar-refractivity contribution is -0.132. The molecule has 24 heavy (non-hydrogen) atoms. The number of carbonyl (C=O) groups excluding carboxylic acids is 2. The second kappa shape index (κ2) is 6.07. The summed E-state index contributed by atoms with van der Waals surface area (Å²) >= 11 is 5.95. The van der Waals surface area contributed by atoms with Gasteiger partial charge in [0.25, 0.3) is 0 Å². The molecule has 2 amide bonds. The van der Waals surface area contributed by atoms with Crippen LogP contribution in [0, 0.1) is 5.92 Å². The lowest BCUT2D eigenvalue weighted by Gasteiger charge is -2.32. The third kappa shape index (κ3) is 3.44. The molecule has 5 heteroatoms. The summed E-state index contributed by atoms with van der Waals surface area (Å²) in [5.74, 6) is -0.172. The van der Waals surface area contributed by atoms with Gasteiger partial charge in [-0.05, 0) is 51.3 Å². The first-order valence-corrected chi connectivity index (χ1v) is 8.93. The lowest BCUT2D eigenvalue weighted by atomic mass is 9.95. The highest BCUT2D eigenvalue weighted by Gasteiger charge is 2.45. The number of nitrogens with one attached hydrogen (secondary N) is 1. The molecule has 1 aliphatic heterocycles. The van der Waals surface area contributed by atoms with Crippen LogP contribution >= 0.6 is 11.6 Å². The molecule has 1 aromatic rings. The van der Waals surface area contributed by atoms with Crippen molar-refractivity contribution in [2.75, 3.05) is 13.1 Å². The molecule has 1 aromatic carbocycles. The van der Waals surface area contributed by atoms with Crippen molar-refractivity contribution in [3.8, 4) is 0 Å². The van der Waals surface area contributed by atoms with E-state index in [1.165, 1.54) is 5.56 Å². The van der Waals surface area contributed by atoms with Crippen LogP contribution in [0.3, 0.4) is 0 Å². The fraction of sp³-hybridized carbons (Fsp3) is 0.579. The Kier molecular flexibility index (Phi) is 4.37. The van der Waals surface area contributed by atoms with Gasteiger partial charge in [0, 0.05) is 35.5 Å². The van der Waals surface area contributed by atoms with E-state index in [-0.39, 0.29) is 28.7 Å². The number of benzene rings is 1. The SMILES string of the molecule is CC(C)(C)N1C[C@@H](C(=O)NCC2(c3ccc(Cl)cc3)CC2)CC1=O. The van der Waals surface area contributed by atoms with Crippen LogP contribution in [0.1, 0.15) is 45.6 Å². The molecule has 130 valence electrons. The van der Waals surface area contributed by atoms with Crippen LogP contribution in [0.2, 0.25) is 5.02 Å². The van der Waals surface area contributed by atoms with E-state index in [1.54, 1.807) is 0 Å². The summed E-state index contributed by atoms with van der Waals surface area (Å²) in [4.78, 5) is 26.5. The Morgan fingerprint density at radius 1 is 1.29 bits per heavy atom. The average Bonchev–Trinajstić information content (AvgIpc) is 3.19. The van der Waals surface area contributed by atoms with Gasteiger partial charge < -0.3 is 10.2 Å². The largest absolute Gasteiger partial charge is 0.355 e. The number of hydrogen-bond acceptors (Lipinski definition) is 2. The van der Waals surface area contributed by atoms with Crippen LogP contribution in [0.4, 0.5) is 0 Å². The summed E-state index contributed by atoms with van der Waals surface area (Å²) in [6.45, 7) is 7.16. The highest BCUT2D eigenvalue weighted by Crippen LogP contribution is 2.47. The van der Waals surface area contributed by atoms with Crippen LogP contribution in [0.25, 0.3) is 0 Å². The number of carbonyl (C=O) groups is 2. The lowest BCUT2D eigenvalue weighted by Crippen LogP contribution is -2.43. The summed E-state index contributed by atoms with van der Waals surface area (Å²) in [6.07, 6.45) is 2.47. The van der Waals surface area contributed by atoms with E-state index in [1.807, 2.05) is 49.9 Å². The Hall–Kier alpha value is -1.55. The number of halogens is 1. The van der Waals surface area contributed by atoms with E-state index in [0.717, 1.165) is 17.9 Å². The van der Waals surface area contributed by atoms with E-state index in [9.17, 15) is 9.59 Å². The zero-order valence-corrected chi connectivity index (χ0v) is 15.3. The second-order valence-corrected chi connectivity index (χ2v) is 8.52. The van der Waals surface area contributed by atoms with Crippen molar-refractivity contribution in [2.24, 2.45) is 5.92 Å². The van der Waals surface area contributed by atoms with Crippen molar-refractivity contribution in [3.63, 3.8) is 0 Å². The van der Waals surface area contributed by atoms with Crippen molar-refractivity contribution in [1.82, 2.24) is 10.2 Å². The highest BCUT2D eigenvalue weighted by molar-refractivity contribution is 6.30. The first-order valence-electron chi connectivity index (χ1n) is 8.55. The number of amides is 2. The van der Waals surface area contributed by atoms with Crippen molar-refractivity contribution in [3.05, 3.63) is 34.9 Å². The summed E-state index contributed by atoms with van der Waals surface area (Å²) in [5, 5.41) is 3.81. The van der Waals surface area contributed by atoms with E-state index < -0.39 is 0 Å². The van der Waals surface area contributed by atoms with Gasteiger partial charge in [-0.3, -0.25) is 9.59 Å². The quantitative estimate of drug-likeness (QED) is 0.908. The molecule has 0 bridgehead atoms. The van der Waals surface area contributed by atoms with E-state index in [0.29, 0.717) is 19.5 Å². The topological polar surface area (TPSA) is 49.4 Å². The van der Waals surface area contributed by atoms with E-state index in [2.05, 4.69) is 5.32 Å². The Bertz CT molecular complexity index is 644. The summed E-state index contributed by atoms with van der Waals surface area (Å²) in [6, 6.07) is 7.88. The molecule has 1 heterocycles. The van der Waals surface area contributed by atoms with Gasteiger partial charge in [0.15, 0.2) is 0 Å². The van der Waals surface area contributed by atoms with E-state index in [4.69, 9.17) is 11.6 Å². The maximum Gasteiger partial charge on any atom is 0.225 e. The third-order valence-corrected chi connectivity index (χ3v) is 5.47. The zero-order valence-electron chi connectivity index (χ0n) is 14.6. The number of likely N-dealkylation sites (tertiary alicyclic amines) is 1. The van der Waals surface area contributed by atoms with Crippen LogP contribution in [0.15, 0.2) is 24.3 Å². The maximum absolute atomic E-state index is 12.5. The van der Waals surface area contributed by atoms with Crippen molar-refractivity contribution < 1.29 is 9.59 Å². The molecular formula is C19H25ClN2O2. The Morgan fingerprint density at radius 3 is 2.42 bits per heavy atom. The zero-order chi connectivity index (χ0) is 17.5. The predicted molar refractivity (Wildman–Crippen MR) is 94.9 cm³/mol. The smallest absolute Gasteiger partial charge is 0.225 e. The van der Waals surface area contributed by atoms with Crippen molar-refractivity contribution >= 4 is 23.4 Å². The van der Waals surface area contributed by atoms with Gasteiger partial charge in [0.1, 0.15) is 0 Å². The van der Waals surface area contributed by atoms with Crippen LogP contribution < -0.4 is 5.32 Å². The van der Waals surface area contributed by atoms with Crippen molar-refractivity contribution in [2.45, 2.75) is 51.0 Å². The minimum atomic E-state index is -0.238. The molecular weight excluding hydrogens is 324 g/mol. The molecule has 2 aliphatic rings. The summed E-state index contributed by atoms with van der Waals surface area (Å²) in [5.41, 5.74) is 1.05. The van der Waals surface area contributed by atoms with E-state index >= 15 is 0 Å². The van der Waals surface area contributed by atoms with Gasteiger partial charge in [-0.25, -0.2) is 0 Å². The van der Waals surface area contributed by atoms with Crippen LogP contribution in [-0.2, 0) is 15.0 Å². The predicted octanol–water partition coefficient (Wildman–Crippen LogP) is 3.13. The van der Waals surface area contributed by atoms with Gasteiger partial charge in [0.05, 0.1) is 5.92 Å². The first-order chi connectivity index (χ1) is 11.2. The molecule has 1 saturated heterocycles. The highest BCUT2D eigenvalue weighted by atomic mass is 35.5. The summed E-state index contributed by atoms with van der Waals surface area (Å²) in [7, 11) is 0. The average molecular weight is 349 g/mol. The fourth-order valence-corrected chi connectivity index (χ4v) is 3.58. The van der Waals surface area contributed by atoms with Gasteiger partial charge in [-0.1, -0.05) is 23.7 Å². The Balaban J connectivity index is 1.58. The normalized spacial score (nSPS) is 22.6. The maximum atomic E-state index is 12.5. The molecule has 0 radical (unpaired) electrons. The molecule has 1 saturated carbocycles. The summed E-state index contributed by atoms with van der Waals surface area (Å²) < 4.78 is 0. The molecule has 4 nitrogen and oxygen atoms in total. The molecule has 1 aliphatic carbocycles. The Morgan fingerprint density at radius 2 is 1.92 bits per heavy atom. The first kappa shape index (κ1) is 17.3. The molecule has 1 N–H and O–H groups in total. The fourth-order valence-electron chi connectivity index (χ4n) is 3.45. The van der Waals surface area contributed by atoms with Crippen LogP contribution in [-0.4, -0.2) is 35.3 Å². The standard InChI is InChI=1S/C19H25ClN2O2/c1-18(2,3)22-11-13(10-16(22)23)17(24)21-12-19(8-9-19)14-4-6-15(20)7-5-14/h4-7,13H,8-12H2,1-3H3,(H,21,24)/t13-/m0/s1. The van der Waals surface area contributed by atoms with Gasteiger partial charge in [0.2, 0.25) is 11.8 Å². The molecule has 3 rings (SSSR count). The molecule has 0 spiro atoms. The van der Waals surface area contributed by atoms with Gasteiger partial charge >= 0.3 is 0 Å². The molecule has 0 unspecified atom stereocenters. The molecule has 2 fully saturated rings. The number of nitrogens with zero attached hydrogens (tertiary/aromatic N) is 1. The number of rotatable bonds is 4. The monoisotopic (exact) mass is 348 g/mol. The van der Waals surface area contributed by atoms with Crippen LogP contribution in [0.5, 0.6) is 0 Å². The minimum absolute atomic E-state index is 0.00432. The molecule has 1 atom stereocenters. The third-order valence-electron chi connectivity index (χ3n) is 5.22. The van der Waals surface area contributed by atoms with Crippen molar-refractivity contribution in [1.29, 1.82) is 0 Å². The Labute approximate surface area is 148 Å².